The molecule has 1 amide bonds. The van der Waals surface area contributed by atoms with E-state index >= 15 is 0 Å². The first kappa shape index (κ1) is 22.9. The molecule has 0 spiro atoms. The maximum absolute atomic E-state index is 13.0. The molecule has 0 saturated carbocycles. The van der Waals surface area contributed by atoms with Crippen molar-refractivity contribution in [2.45, 2.75) is 33.3 Å². The SMILES string of the molecule is Cc1cc(-c2ccc3nc(N4CCN(C(=O)OC(C)(C)C)CC4)[nH]c(=O)c3c2)cc2cn(C)nc12. The summed E-state index contributed by atoms with van der Waals surface area (Å²) in [4.78, 5) is 36.7. The van der Waals surface area contributed by atoms with Gasteiger partial charge in [-0.3, -0.25) is 14.5 Å². The van der Waals surface area contributed by atoms with Gasteiger partial charge in [-0.25, -0.2) is 9.78 Å². The number of aryl methyl sites for hydroxylation is 2. The van der Waals surface area contributed by atoms with Crippen LogP contribution in [0.25, 0.3) is 32.9 Å². The Labute approximate surface area is 203 Å². The highest BCUT2D eigenvalue weighted by Gasteiger charge is 2.27. The van der Waals surface area contributed by atoms with Crippen molar-refractivity contribution >= 4 is 33.8 Å². The summed E-state index contributed by atoms with van der Waals surface area (Å²) >= 11 is 0. The maximum atomic E-state index is 13.0. The van der Waals surface area contributed by atoms with E-state index in [1.165, 1.54) is 0 Å². The summed E-state index contributed by atoms with van der Waals surface area (Å²) < 4.78 is 7.28. The average Bonchev–Trinajstić information content (AvgIpc) is 3.18. The van der Waals surface area contributed by atoms with Crippen LogP contribution in [0.3, 0.4) is 0 Å². The quantitative estimate of drug-likeness (QED) is 0.474. The van der Waals surface area contributed by atoms with Crippen LogP contribution in [-0.2, 0) is 11.8 Å². The first-order valence-electron chi connectivity index (χ1n) is 11.8. The molecule has 9 nitrogen and oxygen atoms in total. The normalized spacial score (nSPS) is 14.7. The van der Waals surface area contributed by atoms with Crippen LogP contribution in [0.5, 0.6) is 0 Å². The number of hydrogen-bond acceptors (Lipinski definition) is 6. The lowest BCUT2D eigenvalue weighted by molar-refractivity contribution is 0.0240. The van der Waals surface area contributed by atoms with E-state index < -0.39 is 5.60 Å². The molecule has 0 unspecified atom stereocenters. The molecule has 5 rings (SSSR count). The monoisotopic (exact) mass is 474 g/mol. The number of fused-ring (bicyclic) bond motifs is 2. The number of benzene rings is 2. The molecular formula is C26H30N6O3. The number of carbonyl (C=O) groups excluding carboxylic acids is 1. The van der Waals surface area contributed by atoms with Gasteiger partial charge in [0.05, 0.1) is 16.4 Å². The average molecular weight is 475 g/mol. The van der Waals surface area contributed by atoms with Crippen molar-refractivity contribution in [3.05, 3.63) is 52.4 Å². The van der Waals surface area contributed by atoms with Crippen LogP contribution in [0.2, 0.25) is 0 Å². The van der Waals surface area contributed by atoms with Crippen LogP contribution in [0.1, 0.15) is 26.3 Å². The molecule has 0 atom stereocenters. The Bertz CT molecular complexity index is 1490. The number of rotatable bonds is 2. The van der Waals surface area contributed by atoms with Gasteiger partial charge in [0, 0.05) is 44.8 Å². The summed E-state index contributed by atoms with van der Waals surface area (Å²) in [6.45, 7) is 9.75. The predicted octanol–water partition coefficient (Wildman–Crippen LogP) is 3.84. The van der Waals surface area contributed by atoms with E-state index in [0.29, 0.717) is 43.0 Å². The summed E-state index contributed by atoms with van der Waals surface area (Å²) in [5.41, 5.74) is 3.99. The second-order valence-electron chi connectivity index (χ2n) is 10.1. The number of ether oxygens (including phenoxy) is 1. The number of amides is 1. The summed E-state index contributed by atoms with van der Waals surface area (Å²) in [7, 11) is 1.91. The summed E-state index contributed by atoms with van der Waals surface area (Å²) in [6.07, 6.45) is 1.68. The number of nitrogens with zero attached hydrogens (tertiary/aromatic N) is 5. The van der Waals surface area contributed by atoms with E-state index in [9.17, 15) is 9.59 Å². The van der Waals surface area contributed by atoms with Crippen molar-refractivity contribution in [1.82, 2.24) is 24.6 Å². The largest absolute Gasteiger partial charge is 0.444 e. The van der Waals surface area contributed by atoms with E-state index in [0.717, 1.165) is 27.6 Å². The minimum atomic E-state index is -0.527. The van der Waals surface area contributed by atoms with Crippen molar-refractivity contribution in [1.29, 1.82) is 0 Å². The van der Waals surface area contributed by atoms with Crippen molar-refractivity contribution in [2.24, 2.45) is 7.05 Å². The van der Waals surface area contributed by atoms with Crippen LogP contribution >= 0.6 is 0 Å². The molecule has 0 radical (unpaired) electrons. The van der Waals surface area contributed by atoms with Crippen molar-refractivity contribution in [2.75, 3.05) is 31.1 Å². The molecule has 9 heteroatoms. The zero-order valence-corrected chi connectivity index (χ0v) is 20.8. The van der Waals surface area contributed by atoms with E-state index in [4.69, 9.17) is 9.72 Å². The second kappa shape index (κ2) is 8.41. The number of nitrogens with one attached hydrogen (secondary N) is 1. The zero-order chi connectivity index (χ0) is 24.9. The van der Waals surface area contributed by atoms with Gasteiger partial charge < -0.3 is 14.5 Å². The third kappa shape index (κ3) is 4.58. The highest BCUT2D eigenvalue weighted by Crippen LogP contribution is 2.28. The number of hydrogen-bond donors (Lipinski definition) is 1. The number of carbonyl (C=O) groups is 1. The fourth-order valence-electron chi connectivity index (χ4n) is 4.48. The van der Waals surface area contributed by atoms with Gasteiger partial charge in [0.1, 0.15) is 5.60 Å². The van der Waals surface area contributed by atoms with Gasteiger partial charge >= 0.3 is 6.09 Å². The Hall–Kier alpha value is -3.88. The van der Waals surface area contributed by atoms with Crippen LogP contribution in [0.15, 0.2) is 41.3 Å². The lowest BCUT2D eigenvalue weighted by atomic mass is 10.00. The van der Waals surface area contributed by atoms with Crippen molar-refractivity contribution in [3.8, 4) is 11.1 Å². The Kier molecular flexibility index (Phi) is 5.50. The summed E-state index contributed by atoms with van der Waals surface area (Å²) in [5, 5.41) is 6.12. The molecular weight excluding hydrogens is 444 g/mol. The van der Waals surface area contributed by atoms with Gasteiger partial charge in [-0.2, -0.15) is 5.10 Å². The third-order valence-electron chi connectivity index (χ3n) is 6.17. The number of aromatic nitrogens is 4. The number of piperazine rings is 1. The Morgan fingerprint density at radius 2 is 1.80 bits per heavy atom. The van der Waals surface area contributed by atoms with Crippen LogP contribution < -0.4 is 10.5 Å². The van der Waals surface area contributed by atoms with E-state index in [1.54, 1.807) is 4.90 Å². The molecule has 4 aromatic rings. The fraction of sp³-hybridized carbons (Fsp3) is 0.385. The molecule has 1 aliphatic rings. The molecule has 0 bridgehead atoms. The molecule has 35 heavy (non-hydrogen) atoms. The molecule has 1 aliphatic heterocycles. The zero-order valence-electron chi connectivity index (χ0n) is 20.8. The Morgan fingerprint density at radius 1 is 1.06 bits per heavy atom. The minimum Gasteiger partial charge on any atom is -0.444 e. The minimum absolute atomic E-state index is 0.180. The van der Waals surface area contributed by atoms with Gasteiger partial charge in [0.2, 0.25) is 5.95 Å². The highest BCUT2D eigenvalue weighted by atomic mass is 16.6. The molecule has 2 aromatic carbocycles. The Balaban J connectivity index is 1.38. The predicted molar refractivity (Wildman–Crippen MR) is 137 cm³/mol. The maximum Gasteiger partial charge on any atom is 0.410 e. The van der Waals surface area contributed by atoms with Crippen molar-refractivity contribution < 1.29 is 9.53 Å². The highest BCUT2D eigenvalue weighted by molar-refractivity contribution is 5.90. The molecule has 1 fully saturated rings. The van der Waals surface area contributed by atoms with E-state index in [-0.39, 0.29) is 11.7 Å². The first-order chi connectivity index (χ1) is 16.6. The Morgan fingerprint density at radius 3 is 2.51 bits per heavy atom. The lowest BCUT2D eigenvalue weighted by Crippen LogP contribution is -2.50. The molecule has 1 N–H and O–H groups in total. The summed E-state index contributed by atoms with van der Waals surface area (Å²) in [6, 6.07) is 9.97. The number of H-pyrrole nitrogens is 1. The van der Waals surface area contributed by atoms with Gasteiger partial charge in [0.15, 0.2) is 0 Å². The van der Waals surface area contributed by atoms with Crippen LogP contribution in [0.4, 0.5) is 10.7 Å². The van der Waals surface area contributed by atoms with Crippen LogP contribution in [0, 0.1) is 6.92 Å². The fourth-order valence-corrected chi connectivity index (χ4v) is 4.48. The molecule has 1 saturated heterocycles. The van der Waals surface area contributed by atoms with E-state index in [2.05, 4.69) is 22.2 Å². The summed E-state index contributed by atoms with van der Waals surface area (Å²) in [5.74, 6) is 0.520. The third-order valence-corrected chi connectivity index (χ3v) is 6.17. The van der Waals surface area contributed by atoms with Gasteiger partial charge in [-0.05, 0) is 68.7 Å². The molecule has 0 aliphatic carbocycles. The first-order valence-corrected chi connectivity index (χ1v) is 11.8. The smallest absolute Gasteiger partial charge is 0.410 e. The number of aromatic amines is 1. The standard InChI is InChI=1S/C26H30N6O3/c1-16-12-18(13-19-15-30(5)29-22(16)19)17-6-7-21-20(14-17)23(33)28-24(27-21)31-8-10-32(11-9-31)25(34)35-26(2,3)4/h6-7,12-15H,8-11H2,1-5H3,(H,27,28,33). The topological polar surface area (TPSA) is 96.4 Å². The van der Waals surface area contributed by atoms with Gasteiger partial charge in [0.25, 0.3) is 5.56 Å². The second-order valence-corrected chi connectivity index (χ2v) is 10.1. The molecule has 2 aromatic heterocycles. The molecule has 182 valence electrons. The molecule has 3 heterocycles. The lowest BCUT2D eigenvalue weighted by Gasteiger charge is -2.35. The van der Waals surface area contributed by atoms with Gasteiger partial charge in [-0.15, -0.1) is 0 Å². The van der Waals surface area contributed by atoms with Gasteiger partial charge in [-0.1, -0.05) is 6.07 Å². The van der Waals surface area contributed by atoms with E-state index in [1.807, 2.05) is 68.7 Å². The number of anilines is 1. The van der Waals surface area contributed by atoms with Crippen molar-refractivity contribution in [3.63, 3.8) is 0 Å². The van der Waals surface area contributed by atoms with Crippen LogP contribution in [-0.4, -0.2) is 62.5 Å².